The third kappa shape index (κ3) is 4.01. The van der Waals surface area contributed by atoms with E-state index in [-0.39, 0.29) is 0 Å². The van der Waals surface area contributed by atoms with Gasteiger partial charge in [-0.15, -0.1) is 0 Å². The number of phenols is 1. The molecular formula is C29H23NO. The van der Waals surface area contributed by atoms with Crippen LogP contribution in [0.1, 0.15) is 5.56 Å². The van der Waals surface area contributed by atoms with Crippen molar-refractivity contribution < 1.29 is 5.11 Å². The van der Waals surface area contributed by atoms with Crippen LogP contribution in [0, 0.1) is 0 Å². The van der Waals surface area contributed by atoms with E-state index in [4.69, 9.17) is 0 Å². The molecule has 0 aromatic heterocycles. The number of fused-ring (bicyclic) bond motifs is 1. The zero-order chi connectivity index (χ0) is 21.0. The van der Waals surface area contributed by atoms with Gasteiger partial charge in [-0.2, -0.15) is 0 Å². The molecule has 0 saturated heterocycles. The Morgan fingerprint density at radius 2 is 1.10 bits per heavy atom. The smallest absolute Gasteiger partial charge is 0.131 e. The normalized spacial score (nSPS) is 10.8. The van der Waals surface area contributed by atoms with Crippen molar-refractivity contribution >= 4 is 16.5 Å². The first-order chi connectivity index (χ1) is 15.3. The lowest BCUT2D eigenvalue weighted by Gasteiger charge is -2.15. The number of hydrogen-bond donors (Lipinski definition) is 2. The molecule has 0 aliphatic rings. The maximum Gasteiger partial charge on any atom is 0.131 e. The molecule has 2 heteroatoms. The summed E-state index contributed by atoms with van der Waals surface area (Å²) in [5, 5.41) is 17.1. The molecule has 5 aromatic carbocycles. The van der Waals surface area contributed by atoms with Crippen LogP contribution >= 0.6 is 0 Å². The second-order valence-electron chi connectivity index (χ2n) is 7.69. The average Bonchev–Trinajstić information content (AvgIpc) is 2.84. The SMILES string of the molecule is Oc1c(-c2ccccc2)cc(CNc2ccc3ccccc3c2)cc1-c1ccccc1. The Hall–Kier alpha value is -4.04. The molecule has 0 unspecified atom stereocenters. The van der Waals surface area contributed by atoms with Crippen molar-refractivity contribution in [3.63, 3.8) is 0 Å². The highest BCUT2D eigenvalue weighted by molar-refractivity contribution is 5.86. The molecule has 5 rings (SSSR count). The van der Waals surface area contributed by atoms with Crippen molar-refractivity contribution in [2.24, 2.45) is 0 Å². The van der Waals surface area contributed by atoms with Gasteiger partial charge in [-0.1, -0.05) is 91.0 Å². The molecule has 0 spiro atoms. The molecule has 5 aromatic rings. The lowest BCUT2D eigenvalue weighted by Crippen LogP contribution is -2.00. The summed E-state index contributed by atoms with van der Waals surface area (Å²) in [6.07, 6.45) is 0. The molecule has 0 radical (unpaired) electrons. The number of benzene rings is 5. The van der Waals surface area contributed by atoms with Crippen molar-refractivity contribution in [2.75, 3.05) is 5.32 Å². The van der Waals surface area contributed by atoms with Gasteiger partial charge >= 0.3 is 0 Å². The first-order valence-corrected chi connectivity index (χ1v) is 10.5. The highest BCUT2D eigenvalue weighted by atomic mass is 16.3. The van der Waals surface area contributed by atoms with E-state index in [9.17, 15) is 5.11 Å². The molecule has 0 amide bonds. The fourth-order valence-corrected chi connectivity index (χ4v) is 3.98. The Kier molecular flexibility index (Phi) is 5.12. The van der Waals surface area contributed by atoms with Crippen LogP contribution in [0.25, 0.3) is 33.0 Å². The molecule has 0 atom stereocenters. The zero-order valence-electron chi connectivity index (χ0n) is 17.1. The lowest BCUT2D eigenvalue weighted by molar-refractivity contribution is 0.479. The number of nitrogens with one attached hydrogen (secondary N) is 1. The van der Waals surface area contributed by atoms with Gasteiger partial charge in [-0.3, -0.25) is 0 Å². The summed E-state index contributed by atoms with van der Waals surface area (Å²) in [5.74, 6) is 0.312. The third-order valence-electron chi connectivity index (χ3n) is 5.59. The Morgan fingerprint density at radius 3 is 1.71 bits per heavy atom. The monoisotopic (exact) mass is 401 g/mol. The van der Waals surface area contributed by atoms with Gasteiger partial charge in [0.15, 0.2) is 0 Å². The molecule has 0 saturated carbocycles. The fourth-order valence-electron chi connectivity index (χ4n) is 3.98. The van der Waals surface area contributed by atoms with Crippen molar-refractivity contribution in [1.82, 2.24) is 0 Å². The molecule has 2 N–H and O–H groups in total. The van der Waals surface area contributed by atoms with Crippen LogP contribution in [0.5, 0.6) is 5.75 Å². The fraction of sp³-hybridized carbons (Fsp3) is 0.0345. The minimum atomic E-state index is 0.312. The summed E-state index contributed by atoms with van der Waals surface area (Å²) in [5.41, 5.74) is 5.89. The predicted molar refractivity (Wildman–Crippen MR) is 130 cm³/mol. The van der Waals surface area contributed by atoms with E-state index in [0.29, 0.717) is 12.3 Å². The van der Waals surface area contributed by atoms with E-state index in [2.05, 4.69) is 59.9 Å². The highest BCUT2D eigenvalue weighted by Gasteiger charge is 2.13. The maximum atomic E-state index is 11.1. The van der Waals surface area contributed by atoms with Crippen molar-refractivity contribution in [2.45, 2.75) is 6.54 Å². The minimum Gasteiger partial charge on any atom is -0.507 e. The van der Waals surface area contributed by atoms with Gasteiger partial charge in [0, 0.05) is 23.4 Å². The highest BCUT2D eigenvalue weighted by Crippen LogP contribution is 2.39. The van der Waals surface area contributed by atoms with E-state index in [1.54, 1.807) is 0 Å². The number of hydrogen-bond acceptors (Lipinski definition) is 2. The average molecular weight is 402 g/mol. The number of phenolic OH excluding ortho intramolecular Hbond substituents is 1. The molecule has 0 fully saturated rings. The van der Waals surface area contributed by atoms with Gasteiger partial charge in [0.05, 0.1) is 0 Å². The minimum absolute atomic E-state index is 0.312. The maximum absolute atomic E-state index is 11.1. The zero-order valence-corrected chi connectivity index (χ0v) is 17.1. The summed E-state index contributed by atoms with van der Waals surface area (Å²) < 4.78 is 0. The van der Waals surface area contributed by atoms with Gasteiger partial charge < -0.3 is 10.4 Å². The summed E-state index contributed by atoms with van der Waals surface area (Å²) >= 11 is 0. The second-order valence-corrected chi connectivity index (χ2v) is 7.69. The van der Waals surface area contributed by atoms with Gasteiger partial charge in [-0.25, -0.2) is 0 Å². The number of anilines is 1. The Labute approximate surface area is 182 Å². The van der Waals surface area contributed by atoms with Gasteiger partial charge in [0.2, 0.25) is 0 Å². The van der Waals surface area contributed by atoms with Crippen LogP contribution in [-0.2, 0) is 6.54 Å². The standard InChI is InChI=1S/C29H23NO/c31-29-27(23-10-3-1-4-11-23)17-21(18-28(29)24-12-5-2-6-13-24)20-30-26-16-15-22-9-7-8-14-25(22)19-26/h1-19,30-31H,20H2. The summed E-state index contributed by atoms with van der Waals surface area (Å²) in [4.78, 5) is 0. The molecule has 150 valence electrons. The molecule has 0 aliphatic carbocycles. The predicted octanol–water partition coefficient (Wildman–Crippen LogP) is 7.49. The first-order valence-electron chi connectivity index (χ1n) is 10.5. The van der Waals surface area contributed by atoms with Crippen LogP contribution in [0.2, 0.25) is 0 Å². The van der Waals surface area contributed by atoms with E-state index < -0.39 is 0 Å². The van der Waals surface area contributed by atoms with Crippen LogP contribution in [0.4, 0.5) is 5.69 Å². The van der Waals surface area contributed by atoms with Crippen LogP contribution in [-0.4, -0.2) is 5.11 Å². The van der Waals surface area contributed by atoms with E-state index >= 15 is 0 Å². The van der Waals surface area contributed by atoms with Crippen LogP contribution < -0.4 is 5.32 Å². The number of rotatable bonds is 5. The quantitative estimate of drug-likeness (QED) is 0.320. The van der Waals surface area contributed by atoms with Crippen LogP contribution in [0.15, 0.2) is 115 Å². The second kappa shape index (κ2) is 8.37. The van der Waals surface area contributed by atoms with E-state index in [0.717, 1.165) is 33.5 Å². The van der Waals surface area contributed by atoms with Gasteiger partial charge in [0.1, 0.15) is 5.75 Å². The molecule has 31 heavy (non-hydrogen) atoms. The van der Waals surface area contributed by atoms with Crippen molar-refractivity contribution in [3.05, 3.63) is 121 Å². The summed E-state index contributed by atoms with van der Waals surface area (Å²) in [6.45, 7) is 0.665. The Morgan fingerprint density at radius 1 is 0.548 bits per heavy atom. The van der Waals surface area contributed by atoms with Crippen molar-refractivity contribution in [3.8, 4) is 28.0 Å². The largest absolute Gasteiger partial charge is 0.507 e. The Bertz CT molecular complexity index is 1270. The lowest BCUT2D eigenvalue weighted by atomic mass is 9.94. The Balaban J connectivity index is 1.52. The third-order valence-corrected chi connectivity index (χ3v) is 5.59. The number of aromatic hydroxyl groups is 1. The topological polar surface area (TPSA) is 32.3 Å². The van der Waals surface area contributed by atoms with Gasteiger partial charge in [-0.05, 0) is 51.7 Å². The summed E-state index contributed by atoms with van der Waals surface area (Å²) in [6, 6.07) is 39.0. The summed E-state index contributed by atoms with van der Waals surface area (Å²) in [7, 11) is 0. The molecular weight excluding hydrogens is 378 g/mol. The molecule has 0 aliphatic heterocycles. The first kappa shape index (κ1) is 19.0. The van der Waals surface area contributed by atoms with Crippen LogP contribution in [0.3, 0.4) is 0 Å². The molecule has 0 bridgehead atoms. The molecule has 2 nitrogen and oxygen atoms in total. The van der Waals surface area contributed by atoms with E-state index in [1.165, 1.54) is 10.8 Å². The van der Waals surface area contributed by atoms with Crippen molar-refractivity contribution in [1.29, 1.82) is 0 Å². The van der Waals surface area contributed by atoms with E-state index in [1.807, 2.05) is 60.7 Å². The molecule has 0 heterocycles. The van der Waals surface area contributed by atoms with Gasteiger partial charge in [0.25, 0.3) is 0 Å².